The lowest BCUT2D eigenvalue weighted by molar-refractivity contribution is -0.140. The summed E-state index contributed by atoms with van der Waals surface area (Å²) in [5.41, 5.74) is 7.07. The van der Waals surface area contributed by atoms with Gasteiger partial charge in [-0.25, -0.2) is 0 Å². The molecule has 1 fully saturated rings. The highest BCUT2D eigenvalue weighted by Crippen LogP contribution is 2.36. The van der Waals surface area contributed by atoms with Gasteiger partial charge in [-0.15, -0.1) is 0 Å². The molecule has 0 saturated carbocycles. The number of carbonyl (C=O) groups excluding carboxylic acids is 2. The topological polar surface area (TPSA) is 90.4 Å². The van der Waals surface area contributed by atoms with E-state index >= 15 is 0 Å². The van der Waals surface area contributed by atoms with Crippen LogP contribution in [0.25, 0.3) is 0 Å². The lowest BCUT2D eigenvalue weighted by Crippen LogP contribution is -2.41. The molecule has 0 bridgehead atoms. The van der Waals surface area contributed by atoms with E-state index in [-0.39, 0.29) is 23.7 Å². The van der Waals surface area contributed by atoms with Crippen LogP contribution in [0.1, 0.15) is 37.4 Å². The van der Waals surface area contributed by atoms with Gasteiger partial charge in [0.2, 0.25) is 11.8 Å². The molecular weight excluding hydrogens is 308 g/mol. The van der Waals surface area contributed by atoms with Crippen LogP contribution in [-0.2, 0) is 21.4 Å². The second-order valence-electron chi connectivity index (χ2n) is 7.26. The Hall–Kier alpha value is -1.89. The Bertz CT molecular complexity index is 623. The third kappa shape index (κ3) is 3.45. The number of amides is 2. The van der Waals surface area contributed by atoms with Crippen LogP contribution in [0.5, 0.6) is 0 Å². The molecule has 24 heavy (non-hydrogen) atoms. The van der Waals surface area contributed by atoms with Crippen molar-refractivity contribution in [1.29, 1.82) is 0 Å². The summed E-state index contributed by atoms with van der Waals surface area (Å²) in [6.07, 6.45) is 2.41. The van der Waals surface area contributed by atoms with Crippen molar-refractivity contribution < 1.29 is 14.3 Å². The standard InChI is InChI=1S/C17H28N4O3/c1-11-12(8-19-20(11)4)13-9-21(10-14(13)15(18)22)16(23)17(2,3)6-7-24-5/h8,13-14H,6-7,9-10H2,1-5H3,(H2,18,22)/t13-,14+/m1/s1. The van der Waals surface area contributed by atoms with Crippen LogP contribution in [0, 0.1) is 18.3 Å². The molecule has 2 amide bonds. The molecule has 0 spiro atoms. The molecule has 2 heterocycles. The van der Waals surface area contributed by atoms with Crippen LogP contribution in [-0.4, -0.2) is 53.3 Å². The Morgan fingerprint density at radius 1 is 1.42 bits per heavy atom. The first-order valence-corrected chi connectivity index (χ1v) is 8.25. The summed E-state index contributed by atoms with van der Waals surface area (Å²) in [6.45, 7) is 7.18. The number of hydrogen-bond donors (Lipinski definition) is 1. The summed E-state index contributed by atoms with van der Waals surface area (Å²) < 4.78 is 6.88. The summed E-state index contributed by atoms with van der Waals surface area (Å²) in [6, 6.07) is 0. The first kappa shape index (κ1) is 18.4. The number of nitrogens with two attached hydrogens (primary N) is 1. The van der Waals surface area contributed by atoms with E-state index in [1.165, 1.54) is 0 Å². The molecule has 1 aromatic rings. The number of likely N-dealkylation sites (tertiary alicyclic amines) is 1. The van der Waals surface area contributed by atoms with Gasteiger partial charge in [-0.05, 0) is 18.9 Å². The molecule has 1 aliphatic heterocycles. The average Bonchev–Trinajstić information content (AvgIpc) is 3.09. The SMILES string of the molecule is COCCC(C)(C)C(=O)N1C[C@H](C(N)=O)[C@@H](c2cnn(C)c2C)C1. The molecule has 0 aromatic carbocycles. The molecule has 1 saturated heterocycles. The van der Waals surface area contributed by atoms with Crippen LogP contribution in [0.4, 0.5) is 0 Å². The molecule has 134 valence electrons. The molecule has 1 aliphatic rings. The lowest BCUT2D eigenvalue weighted by atomic mass is 9.88. The number of ether oxygens (including phenoxy) is 1. The predicted octanol–water partition coefficient (Wildman–Crippen LogP) is 0.819. The van der Waals surface area contributed by atoms with E-state index in [1.807, 2.05) is 27.8 Å². The largest absolute Gasteiger partial charge is 0.385 e. The molecule has 1 aromatic heterocycles. The van der Waals surface area contributed by atoms with Crippen molar-refractivity contribution in [1.82, 2.24) is 14.7 Å². The maximum absolute atomic E-state index is 12.9. The summed E-state index contributed by atoms with van der Waals surface area (Å²) in [4.78, 5) is 26.6. The fraction of sp³-hybridized carbons (Fsp3) is 0.706. The van der Waals surface area contributed by atoms with Gasteiger partial charge in [-0.3, -0.25) is 14.3 Å². The predicted molar refractivity (Wildman–Crippen MR) is 90.2 cm³/mol. The molecule has 2 rings (SSSR count). The van der Waals surface area contributed by atoms with Gasteiger partial charge in [0.1, 0.15) is 0 Å². The highest BCUT2D eigenvalue weighted by molar-refractivity contribution is 5.85. The van der Waals surface area contributed by atoms with Crippen molar-refractivity contribution in [2.75, 3.05) is 26.8 Å². The minimum atomic E-state index is -0.531. The zero-order valence-corrected chi connectivity index (χ0v) is 15.2. The van der Waals surface area contributed by atoms with Crippen LogP contribution in [0.3, 0.4) is 0 Å². The maximum atomic E-state index is 12.9. The summed E-state index contributed by atoms with van der Waals surface area (Å²) in [5.74, 6) is -0.809. The van der Waals surface area contributed by atoms with Crippen LogP contribution in [0.2, 0.25) is 0 Å². The maximum Gasteiger partial charge on any atom is 0.228 e. The zero-order valence-electron chi connectivity index (χ0n) is 15.2. The second kappa shape index (κ2) is 6.93. The van der Waals surface area contributed by atoms with Gasteiger partial charge in [-0.2, -0.15) is 5.10 Å². The zero-order chi connectivity index (χ0) is 18.1. The minimum Gasteiger partial charge on any atom is -0.385 e. The highest BCUT2D eigenvalue weighted by Gasteiger charge is 2.43. The third-order valence-corrected chi connectivity index (χ3v) is 5.16. The molecule has 2 N–H and O–H groups in total. The van der Waals surface area contributed by atoms with Crippen molar-refractivity contribution in [2.45, 2.75) is 33.1 Å². The van der Waals surface area contributed by atoms with Crippen molar-refractivity contribution in [3.63, 3.8) is 0 Å². The number of aromatic nitrogens is 2. The smallest absolute Gasteiger partial charge is 0.228 e. The van der Waals surface area contributed by atoms with Crippen molar-refractivity contribution in [3.05, 3.63) is 17.5 Å². The third-order valence-electron chi connectivity index (χ3n) is 5.16. The van der Waals surface area contributed by atoms with E-state index in [1.54, 1.807) is 22.9 Å². The summed E-state index contributed by atoms with van der Waals surface area (Å²) in [5, 5.41) is 4.26. The van der Waals surface area contributed by atoms with Crippen LogP contribution >= 0.6 is 0 Å². The Balaban J connectivity index is 2.22. The second-order valence-corrected chi connectivity index (χ2v) is 7.26. The number of methoxy groups -OCH3 is 1. The summed E-state index contributed by atoms with van der Waals surface area (Å²) >= 11 is 0. The monoisotopic (exact) mass is 336 g/mol. The van der Waals surface area contributed by atoms with E-state index in [9.17, 15) is 9.59 Å². The molecule has 0 unspecified atom stereocenters. The van der Waals surface area contributed by atoms with Crippen LogP contribution < -0.4 is 5.73 Å². The first-order valence-electron chi connectivity index (χ1n) is 8.25. The highest BCUT2D eigenvalue weighted by atomic mass is 16.5. The minimum absolute atomic E-state index is 0.0369. The van der Waals surface area contributed by atoms with E-state index in [4.69, 9.17) is 10.5 Å². The van der Waals surface area contributed by atoms with Gasteiger partial charge < -0.3 is 15.4 Å². The van der Waals surface area contributed by atoms with Gasteiger partial charge in [0, 0.05) is 50.9 Å². The van der Waals surface area contributed by atoms with E-state index in [0.29, 0.717) is 26.1 Å². The van der Waals surface area contributed by atoms with Gasteiger partial charge in [0.15, 0.2) is 0 Å². The van der Waals surface area contributed by atoms with Crippen LogP contribution in [0.15, 0.2) is 6.20 Å². The Morgan fingerprint density at radius 2 is 2.08 bits per heavy atom. The van der Waals surface area contributed by atoms with Crippen molar-refractivity contribution in [3.8, 4) is 0 Å². The Morgan fingerprint density at radius 3 is 2.58 bits per heavy atom. The van der Waals surface area contributed by atoms with Crippen molar-refractivity contribution >= 4 is 11.8 Å². The normalized spacial score (nSPS) is 21.3. The molecule has 2 atom stereocenters. The fourth-order valence-corrected chi connectivity index (χ4v) is 3.34. The van der Waals surface area contributed by atoms with Crippen molar-refractivity contribution in [2.24, 2.45) is 24.1 Å². The Labute approximate surface area is 143 Å². The quantitative estimate of drug-likeness (QED) is 0.832. The molecule has 7 nitrogen and oxygen atoms in total. The van der Waals surface area contributed by atoms with E-state index < -0.39 is 5.41 Å². The van der Waals surface area contributed by atoms with Gasteiger partial charge in [0.25, 0.3) is 0 Å². The number of carbonyl (C=O) groups is 2. The molecule has 0 aliphatic carbocycles. The number of primary amides is 1. The Kier molecular flexibility index (Phi) is 5.32. The number of aryl methyl sites for hydroxylation is 1. The fourth-order valence-electron chi connectivity index (χ4n) is 3.34. The molecular formula is C17H28N4O3. The summed E-state index contributed by atoms with van der Waals surface area (Å²) in [7, 11) is 3.49. The number of hydrogen-bond acceptors (Lipinski definition) is 4. The van der Waals surface area contributed by atoms with Gasteiger partial charge >= 0.3 is 0 Å². The van der Waals surface area contributed by atoms with Gasteiger partial charge in [0.05, 0.1) is 12.1 Å². The molecule has 7 heteroatoms. The molecule has 0 radical (unpaired) electrons. The number of rotatable bonds is 6. The average molecular weight is 336 g/mol. The lowest BCUT2D eigenvalue weighted by Gasteiger charge is -2.29. The first-order chi connectivity index (χ1) is 11.2. The van der Waals surface area contributed by atoms with Gasteiger partial charge in [-0.1, -0.05) is 13.8 Å². The van der Waals surface area contributed by atoms with E-state index in [0.717, 1.165) is 11.3 Å². The number of nitrogens with zero attached hydrogens (tertiary/aromatic N) is 3. The van der Waals surface area contributed by atoms with E-state index in [2.05, 4.69) is 5.10 Å².